The monoisotopic (exact) mass is 157 g/mol. The largest absolute Gasteiger partial charge is 0.328 e. The molecule has 0 rings (SSSR count). The SMILES string of the molecule is CCCCC(C)CCC(C)N. The van der Waals surface area contributed by atoms with Crippen LogP contribution in [0.25, 0.3) is 0 Å². The first-order valence-corrected chi connectivity index (χ1v) is 4.92. The van der Waals surface area contributed by atoms with Gasteiger partial charge in [-0.1, -0.05) is 33.1 Å². The minimum Gasteiger partial charge on any atom is -0.328 e. The van der Waals surface area contributed by atoms with Crippen molar-refractivity contribution in [3.63, 3.8) is 0 Å². The van der Waals surface area contributed by atoms with Crippen LogP contribution in [0.5, 0.6) is 0 Å². The third-order valence-electron chi connectivity index (χ3n) is 2.17. The third kappa shape index (κ3) is 7.86. The molecule has 0 fully saturated rings. The Morgan fingerprint density at radius 3 is 2.18 bits per heavy atom. The van der Waals surface area contributed by atoms with Crippen LogP contribution in [0.15, 0.2) is 0 Å². The van der Waals surface area contributed by atoms with E-state index < -0.39 is 0 Å². The number of hydrogen-bond donors (Lipinski definition) is 1. The van der Waals surface area contributed by atoms with Gasteiger partial charge in [-0.2, -0.15) is 0 Å². The molecule has 0 saturated heterocycles. The van der Waals surface area contributed by atoms with E-state index in [4.69, 9.17) is 5.73 Å². The number of hydrogen-bond acceptors (Lipinski definition) is 1. The number of rotatable bonds is 6. The lowest BCUT2D eigenvalue weighted by atomic mass is 9.97. The van der Waals surface area contributed by atoms with Gasteiger partial charge < -0.3 is 5.73 Å². The van der Waals surface area contributed by atoms with Crippen molar-refractivity contribution in [1.29, 1.82) is 0 Å². The summed E-state index contributed by atoms with van der Waals surface area (Å²) in [6.45, 7) is 6.67. The van der Waals surface area contributed by atoms with E-state index in [1.54, 1.807) is 0 Å². The Kier molecular flexibility index (Phi) is 6.63. The molecule has 1 nitrogen and oxygen atoms in total. The zero-order valence-corrected chi connectivity index (χ0v) is 8.27. The molecular formula is C10H23N. The fourth-order valence-corrected chi connectivity index (χ4v) is 1.24. The fraction of sp³-hybridized carbons (Fsp3) is 1.00. The van der Waals surface area contributed by atoms with Gasteiger partial charge in [0.15, 0.2) is 0 Å². The van der Waals surface area contributed by atoms with Gasteiger partial charge in [-0.3, -0.25) is 0 Å². The normalized spacial score (nSPS) is 16.4. The van der Waals surface area contributed by atoms with Crippen molar-refractivity contribution < 1.29 is 0 Å². The second kappa shape index (κ2) is 6.66. The molecule has 0 aromatic carbocycles. The second-order valence-electron chi connectivity index (χ2n) is 3.80. The molecule has 2 N–H and O–H groups in total. The topological polar surface area (TPSA) is 26.0 Å². The molecule has 0 aromatic rings. The van der Waals surface area contributed by atoms with Crippen LogP contribution in [0.1, 0.15) is 52.9 Å². The number of unbranched alkanes of at least 4 members (excludes halogenated alkanes) is 1. The van der Waals surface area contributed by atoms with Gasteiger partial charge in [0, 0.05) is 6.04 Å². The molecular weight excluding hydrogens is 134 g/mol. The lowest BCUT2D eigenvalue weighted by molar-refractivity contribution is 0.438. The van der Waals surface area contributed by atoms with Crippen LogP contribution < -0.4 is 5.73 Å². The molecule has 0 radical (unpaired) electrons. The van der Waals surface area contributed by atoms with Gasteiger partial charge in [-0.05, 0) is 25.7 Å². The van der Waals surface area contributed by atoms with Crippen molar-refractivity contribution in [2.24, 2.45) is 11.7 Å². The van der Waals surface area contributed by atoms with Crippen LogP contribution >= 0.6 is 0 Å². The molecule has 0 heterocycles. The summed E-state index contributed by atoms with van der Waals surface area (Å²) in [5, 5.41) is 0. The van der Waals surface area contributed by atoms with Crippen molar-refractivity contribution in [3.05, 3.63) is 0 Å². The Morgan fingerprint density at radius 2 is 1.73 bits per heavy atom. The standard InChI is InChI=1S/C10H23N/c1-4-5-6-9(2)7-8-10(3)11/h9-10H,4-8,11H2,1-3H3. The zero-order chi connectivity index (χ0) is 8.69. The summed E-state index contributed by atoms with van der Waals surface area (Å²) in [7, 11) is 0. The Labute approximate surface area is 71.4 Å². The van der Waals surface area contributed by atoms with Gasteiger partial charge in [-0.25, -0.2) is 0 Å². The quantitative estimate of drug-likeness (QED) is 0.630. The highest BCUT2D eigenvalue weighted by Gasteiger charge is 2.02. The summed E-state index contributed by atoms with van der Waals surface area (Å²) in [5.74, 6) is 0.876. The molecule has 0 aliphatic heterocycles. The first-order chi connectivity index (χ1) is 5.16. The number of nitrogens with two attached hydrogens (primary N) is 1. The van der Waals surface area contributed by atoms with Crippen molar-refractivity contribution in [2.75, 3.05) is 0 Å². The summed E-state index contributed by atoms with van der Waals surface area (Å²) < 4.78 is 0. The molecule has 0 aromatic heterocycles. The Hall–Kier alpha value is -0.0400. The van der Waals surface area contributed by atoms with Crippen molar-refractivity contribution in [3.8, 4) is 0 Å². The minimum atomic E-state index is 0.388. The van der Waals surface area contributed by atoms with E-state index in [0.29, 0.717) is 6.04 Å². The molecule has 0 aliphatic rings. The third-order valence-corrected chi connectivity index (χ3v) is 2.17. The van der Waals surface area contributed by atoms with Crippen LogP contribution in [0.2, 0.25) is 0 Å². The van der Waals surface area contributed by atoms with Crippen LogP contribution in [0, 0.1) is 5.92 Å². The smallest absolute Gasteiger partial charge is 0.00105 e. The zero-order valence-electron chi connectivity index (χ0n) is 8.27. The first kappa shape index (κ1) is 11.0. The van der Waals surface area contributed by atoms with E-state index in [1.807, 2.05) is 0 Å². The fourth-order valence-electron chi connectivity index (χ4n) is 1.24. The molecule has 0 spiro atoms. The van der Waals surface area contributed by atoms with Crippen molar-refractivity contribution in [1.82, 2.24) is 0 Å². The first-order valence-electron chi connectivity index (χ1n) is 4.92. The van der Waals surface area contributed by atoms with Crippen LogP contribution in [0.3, 0.4) is 0 Å². The molecule has 0 saturated carbocycles. The molecule has 0 amide bonds. The van der Waals surface area contributed by atoms with Gasteiger partial charge in [0.05, 0.1) is 0 Å². The molecule has 11 heavy (non-hydrogen) atoms. The van der Waals surface area contributed by atoms with Gasteiger partial charge in [0.25, 0.3) is 0 Å². The van der Waals surface area contributed by atoms with Gasteiger partial charge >= 0.3 is 0 Å². The Balaban J connectivity index is 3.15. The molecule has 0 bridgehead atoms. The van der Waals surface area contributed by atoms with E-state index in [9.17, 15) is 0 Å². The van der Waals surface area contributed by atoms with E-state index in [2.05, 4.69) is 20.8 Å². The highest BCUT2D eigenvalue weighted by atomic mass is 14.6. The average Bonchev–Trinajstić information content (AvgIpc) is 1.97. The highest BCUT2D eigenvalue weighted by Crippen LogP contribution is 2.14. The van der Waals surface area contributed by atoms with Gasteiger partial charge in [0.1, 0.15) is 0 Å². The minimum absolute atomic E-state index is 0.388. The van der Waals surface area contributed by atoms with Crippen molar-refractivity contribution >= 4 is 0 Å². The second-order valence-corrected chi connectivity index (χ2v) is 3.80. The lowest BCUT2D eigenvalue weighted by Gasteiger charge is -2.11. The lowest BCUT2D eigenvalue weighted by Crippen LogP contribution is -2.15. The predicted molar refractivity (Wildman–Crippen MR) is 51.6 cm³/mol. The summed E-state index contributed by atoms with van der Waals surface area (Å²) in [5.41, 5.74) is 5.67. The predicted octanol–water partition coefficient (Wildman–Crippen LogP) is 2.94. The maximum atomic E-state index is 5.67. The molecule has 0 aliphatic carbocycles. The van der Waals surface area contributed by atoms with E-state index in [0.717, 1.165) is 5.92 Å². The summed E-state index contributed by atoms with van der Waals surface area (Å²) in [6.07, 6.45) is 6.56. The van der Waals surface area contributed by atoms with E-state index >= 15 is 0 Å². The van der Waals surface area contributed by atoms with Crippen LogP contribution in [0.4, 0.5) is 0 Å². The maximum absolute atomic E-state index is 5.67. The van der Waals surface area contributed by atoms with Crippen molar-refractivity contribution in [2.45, 2.75) is 58.9 Å². The summed E-state index contributed by atoms with van der Waals surface area (Å²) >= 11 is 0. The molecule has 2 unspecified atom stereocenters. The van der Waals surface area contributed by atoms with Gasteiger partial charge in [0.2, 0.25) is 0 Å². The summed E-state index contributed by atoms with van der Waals surface area (Å²) in [6, 6.07) is 0.388. The van der Waals surface area contributed by atoms with Crippen LogP contribution in [-0.4, -0.2) is 6.04 Å². The molecule has 2 atom stereocenters. The van der Waals surface area contributed by atoms with E-state index in [1.165, 1.54) is 32.1 Å². The maximum Gasteiger partial charge on any atom is 0.00105 e. The van der Waals surface area contributed by atoms with E-state index in [-0.39, 0.29) is 0 Å². The molecule has 68 valence electrons. The summed E-state index contributed by atoms with van der Waals surface area (Å²) in [4.78, 5) is 0. The van der Waals surface area contributed by atoms with Crippen LogP contribution in [-0.2, 0) is 0 Å². The molecule has 1 heteroatoms. The van der Waals surface area contributed by atoms with Gasteiger partial charge in [-0.15, -0.1) is 0 Å². The Morgan fingerprint density at radius 1 is 1.09 bits per heavy atom. The average molecular weight is 157 g/mol. The Bertz CT molecular complexity index is 78.9. The highest BCUT2D eigenvalue weighted by molar-refractivity contribution is 4.58.